The van der Waals surface area contributed by atoms with Gasteiger partial charge < -0.3 is 14.8 Å². The predicted octanol–water partition coefficient (Wildman–Crippen LogP) is 2.89. The molecule has 1 aromatic carbocycles. The van der Waals surface area contributed by atoms with Gasteiger partial charge in [0.25, 0.3) is 17.4 Å². The minimum atomic E-state index is -0.378. The van der Waals surface area contributed by atoms with Crippen LogP contribution >= 0.6 is 0 Å². The van der Waals surface area contributed by atoms with E-state index < -0.39 is 0 Å². The zero-order valence-corrected chi connectivity index (χ0v) is 17.2. The molecule has 7 nitrogen and oxygen atoms in total. The molecule has 0 saturated carbocycles. The molecule has 0 unspecified atom stereocenters. The molecule has 162 valence electrons. The predicted molar refractivity (Wildman–Crippen MR) is 116 cm³/mol. The van der Waals surface area contributed by atoms with E-state index in [2.05, 4.69) is 10.3 Å². The van der Waals surface area contributed by atoms with Crippen molar-refractivity contribution < 1.29 is 14.0 Å². The van der Waals surface area contributed by atoms with E-state index in [9.17, 15) is 18.8 Å². The monoisotopic (exact) mass is 432 g/mol. The summed E-state index contributed by atoms with van der Waals surface area (Å²) in [5, 5.41) is 2.70. The zero-order valence-electron chi connectivity index (χ0n) is 17.2. The molecule has 8 heteroatoms. The molecule has 1 N–H and O–H groups in total. The van der Waals surface area contributed by atoms with Crippen LogP contribution in [0.15, 0.2) is 65.7 Å². The molecule has 0 radical (unpaired) electrons. The molecule has 5 rings (SSSR count). The second-order valence-electron chi connectivity index (χ2n) is 8.29. The van der Waals surface area contributed by atoms with E-state index in [0.29, 0.717) is 30.8 Å². The Morgan fingerprint density at radius 3 is 2.44 bits per heavy atom. The average Bonchev–Trinajstić information content (AvgIpc) is 2.81. The maximum atomic E-state index is 13.2. The Labute approximate surface area is 183 Å². The number of carbonyl (C=O) groups excluding carboxylic acids is 2. The molecule has 32 heavy (non-hydrogen) atoms. The highest BCUT2D eigenvalue weighted by Crippen LogP contribution is 2.36. The summed E-state index contributed by atoms with van der Waals surface area (Å²) in [5.74, 6) is -0.704. The van der Waals surface area contributed by atoms with Crippen molar-refractivity contribution in [3.63, 3.8) is 0 Å². The minimum Gasteiger partial charge on any atom is -0.338 e. The lowest BCUT2D eigenvalue weighted by atomic mass is 9.83. The van der Waals surface area contributed by atoms with Crippen LogP contribution in [0.1, 0.15) is 38.7 Å². The molecule has 2 bridgehead atoms. The Hall–Kier alpha value is -3.81. The third-order valence-corrected chi connectivity index (χ3v) is 6.17. The maximum Gasteiger partial charge on any atom is 0.274 e. The molecule has 0 aliphatic carbocycles. The van der Waals surface area contributed by atoms with Gasteiger partial charge in [0.15, 0.2) is 0 Å². The Balaban J connectivity index is 1.37. The van der Waals surface area contributed by atoms with Crippen LogP contribution in [0.25, 0.3) is 0 Å². The summed E-state index contributed by atoms with van der Waals surface area (Å²) in [4.78, 5) is 44.1. The molecule has 1 fully saturated rings. The van der Waals surface area contributed by atoms with E-state index in [-0.39, 0.29) is 40.7 Å². The summed E-state index contributed by atoms with van der Waals surface area (Å²) in [6, 6.07) is 12.2. The van der Waals surface area contributed by atoms with Gasteiger partial charge in [0, 0.05) is 54.8 Å². The lowest BCUT2D eigenvalue weighted by molar-refractivity contribution is 0.0594. The van der Waals surface area contributed by atoms with Gasteiger partial charge in [0.2, 0.25) is 0 Å². The van der Waals surface area contributed by atoms with Crippen LogP contribution in [0.2, 0.25) is 0 Å². The van der Waals surface area contributed by atoms with Crippen LogP contribution in [-0.4, -0.2) is 39.4 Å². The number of likely N-dealkylation sites (tertiary alicyclic amines) is 1. The van der Waals surface area contributed by atoms with Gasteiger partial charge in [-0.25, -0.2) is 4.39 Å². The molecule has 2 aromatic heterocycles. The van der Waals surface area contributed by atoms with Gasteiger partial charge in [-0.15, -0.1) is 0 Å². The zero-order chi connectivity index (χ0) is 22.2. The smallest absolute Gasteiger partial charge is 0.274 e. The van der Waals surface area contributed by atoms with E-state index in [1.165, 1.54) is 36.7 Å². The van der Waals surface area contributed by atoms with Gasteiger partial charge in [0.1, 0.15) is 11.5 Å². The van der Waals surface area contributed by atoms with Crippen LogP contribution in [-0.2, 0) is 6.54 Å². The number of hydrogen-bond donors (Lipinski definition) is 1. The number of fused-ring (bicyclic) bond motifs is 4. The normalized spacial score (nSPS) is 19.2. The van der Waals surface area contributed by atoms with Crippen LogP contribution in [0.5, 0.6) is 0 Å². The van der Waals surface area contributed by atoms with Crippen molar-refractivity contribution in [2.75, 3.05) is 18.4 Å². The number of benzene rings is 1. The van der Waals surface area contributed by atoms with E-state index in [0.717, 1.165) is 12.1 Å². The molecular formula is C24H21FN4O3. The lowest BCUT2D eigenvalue weighted by Crippen LogP contribution is -2.49. The van der Waals surface area contributed by atoms with Crippen LogP contribution < -0.4 is 10.9 Å². The Kier molecular flexibility index (Phi) is 5.05. The quantitative estimate of drug-likeness (QED) is 0.690. The number of pyridine rings is 2. The topological polar surface area (TPSA) is 84.3 Å². The lowest BCUT2D eigenvalue weighted by Gasteiger charge is -2.43. The fraction of sp³-hybridized carbons (Fsp3) is 0.250. The largest absolute Gasteiger partial charge is 0.338 e. The fourth-order valence-electron chi connectivity index (χ4n) is 4.68. The number of rotatable bonds is 3. The standard InChI is InChI=1S/C24H21FN4O3/c25-19-3-1-17(2-4-19)23(31)28-12-15-11-18(14-28)21-6-5-20(24(32)29(21)13-15)27-22(30)16-7-9-26-10-8-16/h1-10,15,18H,11-14H2,(H,27,30)/t15-,18-/m1/s1. The number of halogens is 1. The van der Waals surface area contributed by atoms with Crippen molar-refractivity contribution >= 4 is 17.5 Å². The van der Waals surface area contributed by atoms with Gasteiger partial charge >= 0.3 is 0 Å². The second-order valence-corrected chi connectivity index (χ2v) is 8.29. The summed E-state index contributed by atoms with van der Waals surface area (Å²) in [5.41, 5.74) is 1.74. The van der Waals surface area contributed by atoms with Crippen LogP contribution in [0, 0.1) is 11.7 Å². The Morgan fingerprint density at radius 1 is 0.938 bits per heavy atom. The number of aromatic nitrogens is 2. The molecule has 0 spiro atoms. The number of nitrogens with one attached hydrogen (secondary N) is 1. The van der Waals surface area contributed by atoms with Crippen molar-refractivity contribution in [2.24, 2.45) is 5.92 Å². The molecule has 2 aliphatic rings. The minimum absolute atomic E-state index is 0.0320. The number of carbonyl (C=O) groups is 2. The maximum absolute atomic E-state index is 13.2. The van der Waals surface area contributed by atoms with Crippen molar-refractivity contribution in [1.82, 2.24) is 14.5 Å². The number of nitrogens with zero attached hydrogens (tertiary/aromatic N) is 3. The van der Waals surface area contributed by atoms with Crippen molar-refractivity contribution in [3.8, 4) is 0 Å². The van der Waals surface area contributed by atoms with Crippen LogP contribution in [0.4, 0.5) is 10.1 Å². The van der Waals surface area contributed by atoms with E-state index >= 15 is 0 Å². The summed E-state index contributed by atoms with van der Waals surface area (Å²) in [7, 11) is 0. The first-order valence-electron chi connectivity index (χ1n) is 10.5. The Morgan fingerprint density at radius 2 is 1.69 bits per heavy atom. The first kappa shape index (κ1) is 20.1. The third kappa shape index (κ3) is 3.68. The van der Waals surface area contributed by atoms with Crippen LogP contribution in [0.3, 0.4) is 0 Å². The Bertz CT molecular complexity index is 1240. The SMILES string of the molecule is O=C(Nc1ccc2n(c1=O)C[C@@H]1C[C@@H]2CN(C(=O)c2ccc(F)cc2)C1)c1ccncc1. The second kappa shape index (κ2) is 8.03. The first-order chi connectivity index (χ1) is 15.5. The molecule has 2 aliphatic heterocycles. The molecule has 1 saturated heterocycles. The van der Waals surface area contributed by atoms with Crippen molar-refractivity contribution in [3.05, 3.63) is 93.9 Å². The summed E-state index contributed by atoms with van der Waals surface area (Å²) in [6.07, 6.45) is 3.94. The molecule has 2 atom stereocenters. The molecule has 2 amide bonds. The van der Waals surface area contributed by atoms with E-state index in [1.54, 1.807) is 27.7 Å². The number of amides is 2. The highest BCUT2D eigenvalue weighted by molar-refractivity contribution is 6.04. The third-order valence-electron chi connectivity index (χ3n) is 6.17. The molecule has 3 aromatic rings. The van der Waals surface area contributed by atoms with Crippen molar-refractivity contribution in [2.45, 2.75) is 18.9 Å². The van der Waals surface area contributed by atoms with Gasteiger partial charge in [-0.3, -0.25) is 19.4 Å². The van der Waals surface area contributed by atoms with Crippen molar-refractivity contribution in [1.29, 1.82) is 0 Å². The molecular weight excluding hydrogens is 411 g/mol. The fourth-order valence-corrected chi connectivity index (χ4v) is 4.68. The number of anilines is 1. The summed E-state index contributed by atoms with van der Waals surface area (Å²) < 4.78 is 14.9. The highest BCUT2D eigenvalue weighted by Gasteiger charge is 2.37. The number of piperidine rings is 1. The summed E-state index contributed by atoms with van der Waals surface area (Å²) >= 11 is 0. The van der Waals surface area contributed by atoms with Gasteiger partial charge in [-0.1, -0.05) is 0 Å². The van der Waals surface area contributed by atoms with Gasteiger partial charge in [0.05, 0.1) is 0 Å². The number of hydrogen-bond acceptors (Lipinski definition) is 4. The summed E-state index contributed by atoms with van der Waals surface area (Å²) in [6.45, 7) is 1.51. The highest BCUT2D eigenvalue weighted by atomic mass is 19.1. The van der Waals surface area contributed by atoms with Gasteiger partial charge in [-0.05, 0) is 60.9 Å². The van der Waals surface area contributed by atoms with E-state index in [4.69, 9.17) is 0 Å². The van der Waals surface area contributed by atoms with Gasteiger partial charge in [-0.2, -0.15) is 0 Å². The molecule has 4 heterocycles. The first-order valence-corrected chi connectivity index (χ1v) is 10.5. The van der Waals surface area contributed by atoms with E-state index in [1.807, 2.05) is 6.07 Å². The average molecular weight is 432 g/mol.